The third-order valence-electron chi connectivity index (χ3n) is 3.65. The normalized spacial score (nSPS) is 19.6. The third-order valence-corrected chi connectivity index (χ3v) is 3.65. The first kappa shape index (κ1) is 14.8. The number of nitrogens with zero attached hydrogens (tertiary/aromatic N) is 2. The van der Waals surface area contributed by atoms with Crippen LogP contribution in [0.25, 0.3) is 0 Å². The number of hydrogen-bond donors (Lipinski definition) is 1. The number of para-hydroxylation sites is 1. The van der Waals surface area contributed by atoms with E-state index in [0.717, 1.165) is 30.9 Å². The summed E-state index contributed by atoms with van der Waals surface area (Å²) in [5.41, 5.74) is 1.12. The fourth-order valence-corrected chi connectivity index (χ4v) is 2.53. The maximum atomic E-state index is 12.3. The summed E-state index contributed by atoms with van der Waals surface area (Å²) < 4.78 is 5.39. The van der Waals surface area contributed by atoms with E-state index in [2.05, 4.69) is 16.3 Å². The van der Waals surface area contributed by atoms with E-state index in [1.54, 1.807) is 26.1 Å². The van der Waals surface area contributed by atoms with Crippen molar-refractivity contribution in [1.82, 2.24) is 15.1 Å². The van der Waals surface area contributed by atoms with Gasteiger partial charge < -0.3 is 15.0 Å². The molecule has 0 spiro atoms. The lowest BCUT2D eigenvalue weighted by Crippen LogP contribution is -2.57. The van der Waals surface area contributed by atoms with Gasteiger partial charge in [0.2, 0.25) is 5.91 Å². The highest BCUT2D eigenvalue weighted by atomic mass is 16.5. The Morgan fingerprint density at radius 3 is 2.90 bits per heavy atom. The molecular formula is C15H23N3O2. The standard InChI is InChI=1S/C15H23N3O2/c1-17(2)15(19)13-10-16-8-9-18(13)11-12-6-4-5-7-14(12)20-3/h4-7,13,16H,8-11H2,1-3H3. The van der Waals surface area contributed by atoms with E-state index >= 15 is 0 Å². The van der Waals surface area contributed by atoms with Crippen LogP contribution < -0.4 is 10.1 Å². The molecule has 0 aromatic heterocycles. The topological polar surface area (TPSA) is 44.8 Å². The zero-order valence-corrected chi connectivity index (χ0v) is 12.4. The molecule has 5 heteroatoms. The Bertz CT molecular complexity index is 462. The Morgan fingerprint density at radius 1 is 1.45 bits per heavy atom. The molecule has 1 aliphatic heterocycles. The monoisotopic (exact) mass is 277 g/mol. The van der Waals surface area contributed by atoms with Crippen molar-refractivity contribution < 1.29 is 9.53 Å². The molecule has 20 heavy (non-hydrogen) atoms. The Morgan fingerprint density at radius 2 is 2.20 bits per heavy atom. The minimum absolute atomic E-state index is 0.108. The third kappa shape index (κ3) is 3.29. The number of methoxy groups -OCH3 is 1. The molecule has 1 aliphatic rings. The molecule has 1 aromatic rings. The van der Waals surface area contributed by atoms with Crippen LogP contribution in [0.3, 0.4) is 0 Å². The minimum Gasteiger partial charge on any atom is -0.496 e. The van der Waals surface area contributed by atoms with Gasteiger partial charge in [-0.2, -0.15) is 0 Å². The zero-order chi connectivity index (χ0) is 14.5. The number of amides is 1. The number of carbonyl (C=O) groups is 1. The van der Waals surface area contributed by atoms with Crippen LogP contribution in [0.2, 0.25) is 0 Å². The van der Waals surface area contributed by atoms with E-state index in [1.807, 2.05) is 18.2 Å². The van der Waals surface area contributed by atoms with Gasteiger partial charge >= 0.3 is 0 Å². The van der Waals surface area contributed by atoms with Gasteiger partial charge in [-0.3, -0.25) is 9.69 Å². The van der Waals surface area contributed by atoms with Gasteiger partial charge in [-0.25, -0.2) is 0 Å². The first-order valence-corrected chi connectivity index (χ1v) is 6.91. The first-order valence-electron chi connectivity index (χ1n) is 6.91. The fourth-order valence-electron chi connectivity index (χ4n) is 2.53. The molecule has 1 aromatic carbocycles. The maximum Gasteiger partial charge on any atom is 0.240 e. The highest BCUT2D eigenvalue weighted by Crippen LogP contribution is 2.21. The molecule has 5 nitrogen and oxygen atoms in total. The molecule has 1 saturated heterocycles. The predicted molar refractivity (Wildman–Crippen MR) is 78.8 cm³/mol. The number of hydrogen-bond acceptors (Lipinski definition) is 4. The van der Waals surface area contributed by atoms with E-state index in [1.165, 1.54) is 0 Å². The molecule has 1 atom stereocenters. The van der Waals surface area contributed by atoms with E-state index < -0.39 is 0 Å². The van der Waals surface area contributed by atoms with E-state index in [-0.39, 0.29) is 11.9 Å². The first-order chi connectivity index (χ1) is 9.63. The molecule has 1 fully saturated rings. The summed E-state index contributed by atoms with van der Waals surface area (Å²) in [5, 5.41) is 3.29. The Labute approximate surface area is 120 Å². The van der Waals surface area contributed by atoms with Crippen molar-refractivity contribution in [2.24, 2.45) is 0 Å². The summed E-state index contributed by atoms with van der Waals surface area (Å²) in [5.74, 6) is 1.02. The zero-order valence-electron chi connectivity index (χ0n) is 12.4. The van der Waals surface area contributed by atoms with Crippen LogP contribution >= 0.6 is 0 Å². The second-order valence-corrected chi connectivity index (χ2v) is 5.23. The molecule has 1 unspecified atom stereocenters. The van der Waals surface area contributed by atoms with Crippen molar-refractivity contribution in [3.05, 3.63) is 29.8 Å². The van der Waals surface area contributed by atoms with Gasteiger partial charge in [-0.15, -0.1) is 0 Å². The number of rotatable bonds is 4. The van der Waals surface area contributed by atoms with Gasteiger partial charge in [0.05, 0.1) is 7.11 Å². The number of ether oxygens (including phenoxy) is 1. The summed E-state index contributed by atoms with van der Waals surface area (Å²) in [4.78, 5) is 16.1. The highest BCUT2D eigenvalue weighted by molar-refractivity contribution is 5.81. The lowest BCUT2D eigenvalue weighted by molar-refractivity contribution is -0.135. The van der Waals surface area contributed by atoms with Gasteiger partial charge in [0.15, 0.2) is 0 Å². The van der Waals surface area contributed by atoms with Crippen LogP contribution in [-0.4, -0.2) is 62.6 Å². The summed E-state index contributed by atoms with van der Waals surface area (Å²) in [6, 6.07) is 7.87. The van der Waals surface area contributed by atoms with Crippen molar-refractivity contribution in [3.8, 4) is 5.75 Å². The molecule has 1 heterocycles. The van der Waals surface area contributed by atoms with Gasteiger partial charge in [0.1, 0.15) is 11.8 Å². The van der Waals surface area contributed by atoms with Crippen molar-refractivity contribution >= 4 is 5.91 Å². The molecule has 1 N–H and O–H groups in total. The SMILES string of the molecule is COc1ccccc1CN1CCNCC1C(=O)N(C)C. The average Bonchev–Trinajstić information content (AvgIpc) is 2.47. The molecule has 0 aliphatic carbocycles. The Balaban J connectivity index is 2.14. The molecule has 2 rings (SSSR count). The van der Waals surface area contributed by atoms with Crippen LogP contribution in [-0.2, 0) is 11.3 Å². The van der Waals surface area contributed by atoms with Crippen LogP contribution in [0, 0.1) is 0 Å². The molecular weight excluding hydrogens is 254 g/mol. The lowest BCUT2D eigenvalue weighted by Gasteiger charge is -2.36. The number of likely N-dealkylation sites (N-methyl/N-ethyl adjacent to an activating group) is 1. The Hall–Kier alpha value is -1.59. The lowest BCUT2D eigenvalue weighted by atomic mass is 10.1. The summed E-state index contributed by atoms with van der Waals surface area (Å²) >= 11 is 0. The van der Waals surface area contributed by atoms with Crippen LogP contribution in [0.1, 0.15) is 5.56 Å². The van der Waals surface area contributed by atoms with Crippen molar-refractivity contribution in [1.29, 1.82) is 0 Å². The smallest absolute Gasteiger partial charge is 0.240 e. The number of carbonyl (C=O) groups excluding carboxylic acids is 1. The second kappa shape index (κ2) is 6.72. The maximum absolute atomic E-state index is 12.3. The van der Waals surface area contributed by atoms with E-state index in [0.29, 0.717) is 6.54 Å². The van der Waals surface area contributed by atoms with Crippen molar-refractivity contribution in [2.75, 3.05) is 40.8 Å². The quantitative estimate of drug-likeness (QED) is 0.873. The van der Waals surface area contributed by atoms with Gasteiger partial charge in [0, 0.05) is 45.8 Å². The largest absolute Gasteiger partial charge is 0.496 e. The number of piperazine rings is 1. The average molecular weight is 277 g/mol. The van der Waals surface area contributed by atoms with E-state index in [9.17, 15) is 4.79 Å². The fraction of sp³-hybridized carbons (Fsp3) is 0.533. The van der Waals surface area contributed by atoms with Gasteiger partial charge in [-0.1, -0.05) is 18.2 Å². The van der Waals surface area contributed by atoms with Crippen LogP contribution in [0.4, 0.5) is 0 Å². The summed E-state index contributed by atoms with van der Waals surface area (Å²) in [7, 11) is 5.29. The highest BCUT2D eigenvalue weighted by Gasteiger charge is 2.30. The van der Waals surface area contributed by atoms with E-state index in [4.69, 9.17) is 4.74 Å². The Kier molecular flexibility index (Phi) is 4.98. The van der Waals surface area contributed by atoms with Crippen molar-refractivity contribution in [3.63, 3.8) is 0 Å². The molecule has 0 saturated carbocycles. The van der Waals surface area contributed by atoms with Gasteiger partial charge in [-0.05, 0) is 6.07 Å². The molecule has 0 bridgehead atoms. The molecule has 0 radical (unpaired) electrons. The summed E-state index contributed by atoms with van der Waals surface area (Å²) in [6.45, 7) is 3.21. The molecule has 110 valence electrons. The van der Waals surface area contributed by atoms with Crippen LogP contribution in [0.5, 0.6) is 5.75 Å². The van der Waals surface area contributed by atoms with Crippen molar-refractivity contribution in [2.45, 2.75) is 12.6 Å². The number of benzene rings is 1. The minimum atomic E-state index is -0.108. The predicted octanol–water partition coefficient (Wildman–Crippen LogP) is 0.557. The van der Waals surface area contributed by atoms with Gasteiger partial charge in [0.25, 0.3) is 0 Å². The number of nitrogens with one attached hydrogen (secondary N) is 1. The molecule has 1 amide bonds. The second-order valence-electron chi connectivity index (χ2n) is 5.23. The van der Waals surface area contributed by atoms with Crippen LogP contribution in [0.15, 0.2) is 24.3 Å². The summed E-state index contributed by atoms with van der Waals surface area (Å²) in [6.07, 6.45) is 0.